The van der Waals surface area contributed by atoms with Crippen LogP contribution in [0.3, 0.4) is 0 Å². The van der Waals surface area contributed by atoms with Gasteiger partial charge >= 0.3 is 0 Å². The maximum atomic E-state index is 13.0. The monoisotopic (exact) mass is 454 g/mol. The predicted octanol–water partition coefficient (Wildman–Crippen LogP) is 3.70. The second-order valence-corrected chi connectivity index (χ2v) is 9.27. The molecule has 2 aromatic rings. The number of ether oxygens (including phenoxy) is 2. The predicted molar refractivity (Wildman–Crippen MR) is 119 cm³/mol. The second-order valence-electron chi connectivity index (χ2n) is 7.01. The average molecular weight is 455 g/mol. The lowest BCUT2D eigenvalue weighted by Gasteiger charge is -2.29. The van der Waals surface area contributed by atoms with Crippen molar-refractivity contribution in [1.82, 2.24) is 5.32 Å². The van der Waals surface area contributed by atoms with Gasteiger partial charge in [0, 0.05) is 10.6 Å². The van der Waals surface area contributed by atoms with E-state index in [-0.39, 0.29) is 0 Å². The van der Waals surface area contributed by atoms with Gasteiger partial charge in [0.25, 0.3) is 0 Å². The maximum Gasteiger partial charge on any atom is 0.244 e. The summed E-state index contributed by atoms with van der Waals surface area (Å²) in [5.41, 5.74) is 1.84. The molecular formula is C21H27ClN2O5S. The molecule has 0 aliphatic heterocycles. The highest BCUT2D eigenvalue weighted by molar-refractivity contribution is 7.92. The number of halogens is 1. The van der Waals surface area contributed by atoms with Gasteiger partial charge in [-0.05, 0) is 56.7 Å². The quantitative estimate of drug-likeness (QED) is 0.657. The third-order valence-electron chi connectivity index (χ3n) is 4.76. The molecule has 0 heterocycles. The topological polar surface area (TPSA) is 84.9 Å². The van der Waals surface area contributed by atoms with E-state index in [1.807, 2.05) is 6.92 Å². The Balaban J connectivity index is 2.33. The number of amides is 1. The standard InChI is InChI=1S/C21H27ClN2O5S/c1-13-7-8-16(11-19(13)22)24(30(6,26)27)15(3)21(25)23-14(2)18-12-17(28-4)9-10-20(18)29-5/h7-12,14-15H,1-6H3,(H,23,25)/t14-,15-/m0/s1. The van der Waals surface area contributed by atoms with Crippen LogP contribution in [-0.4, -0.2) is 40.8 Å². The fourth-order valence-electron chi connectivity index (χ4n) is 3.12. The largest absolute Gasteiger partial charge is 0.497 e. The summed E-state index contributed by atoms with van der Waals surface area (Å²) in [4.78, 5) is 13.0. The van der Waals surface area contributed by atoms with Gasteiger partial charge in [-0.3, -0.25) is 9.10 Å². The Hall–Kier alpha value is -2.45. The van der Waals surface area contributed by atoms with Gasteiger partial charge < -0.3 is 14.8 Å². The van der Waals surface area contributed by atoms with E-state index in [0.717, 1.165) is 16.1 Å². The van der Waals surface area contributed by atoms with Crippen LogP contribution in [0.1, 0.15) is 31.0 Å². The Labute approximate surface area is 183 Å². The minimum Gasteiger partial charge on any atom is -0.497 e. The molecule has 0 aliphatic carbocycles. The van der Waals surface area contributed by atoms with Crippen molar-refractivity contribution in [2.24, 2.45) is 0 Å². The molecule has 30 heavy (non-hydrogen) atoms. The first-order valence-electron chi connectivity index (χ1n) is 9.27. The molecule has 0 fully saturated rings. The van der Waals surface area contributed by atoms with Crippen LogP contribution in [0, 0.1) is 6.92 Å². The van der Waals surface area contributed by atoms with Crippen molar-refractivity contribution in [3.63, 3.8) is 0 Å². The first-order valence-corrected chi connectivity index (χ1v) is 11.5. The molecule has 1 amide bonds. The smallest absolute Gasteiger partial charge is 0.244 e. The minimum absolute atomic E-state index is 0.322. The maximum absolute atomic E-state index is 13.0. The zero-order chi connectivity index (χ0) is 22.6. The fourth-order valence-corrected chi connectivity index (χ4v) is 4.46. The Morgan fingerprint density at radius 1 is 1.10 bits per heavy atom. The molecular weight excluding hydrogens is 428 g/mol. The van der Waals surface area contributed by atoms with Crippen molar-refractivity contribution in [3.05, 3.63) is 52.5 Å². The van der Waals surface area contributed by atoms with E-state index in [0.29, 0.717) is 27.8 Å². The molecule has 0 saturated carbocycles. The molecule has 2 rings (SSSR count). The van der Waals surface area contributed by atoms with E-state index in [1.165, 1.54) is 20.1 Å². The summed E-state index contributed by atoms with van der Waals surface area (Å²) in [5.74, 6) is 0.739. The van der Waals surface area contributed by atoms with Crippen LogP contribution in [0.5, 0.6) is 11.5 Å². The van der Waals surface area contributed by atoms with Crippen LogP contribution in [-0.2, 0) is 14.8 Å². The zero-order valence-electron chi connectivity index (χ0n) is 17.9. The van der Waals surface area contributed by atoms with Gasteiger partial charge in [0.1, 0.15) is 17.5 Å². The number of rotatable bonds is 8. The molecule has 1 N–H and O–H groups in total. The van der Waals surface area contributed by atoms with Gasteiger partial charge in [-0.1, -0.05) is 17.7 Å². The molecule has 9 heteroatoms. The number of hydrogen-bond donors (Lipinski definition) is 1. The van der Waals surface area contributed by atoms with E-state index in [1.54, 1.807) is 44.4 Å². The summed E-state index contributed by atoms with van der Waals surface area (Å²) < 4.78 is 36.6. The Morgan fingerprint density at radius 2 is 1.77 bits per heavy atom. The molecule has 0 aromatic heterocycles. The number of sulfonamides is 1. The number of nitrogens with one attached hydrogen (secondary N) is 1. The lowest BCUT2D eigenvalue weighted by Crippen LogP contribution is -2.48. The van der Waals surface area contributed by atoms with Gasteiger partial charge in [0.05, 0.1) is 32.2 Å². The molecule has 7 nitrogen and oxygen atoms in total. The van der Waals surface area contributed by atoms with E-state index < -0.39 is 28.0 Å². The Bertz CT molecular complexity index is 1030. The van der Waals surface area contributed by atoms with E-state index >= 15 is 0 Å². The number of carbonyl (C=O) groups excluding carboxylic acids is 1. The minimum atomic E-state index is -3.75. The van der Waals surface area contributed by atoms with Crippen LogP contribution >= 0.6 is 11.6 Å². The average Bonchev–Trinajstić information content (AvgIpc) is 2.68. The highest BCUT2D eigenvalue weighted by atomic mass is 35.5. The number of benzene rings is 2. The van der Waals surface area contributed by atoms with Crippen LogP contribution in [0.4, 0.5) is 5.69 Å². The summed E-state index contributed by atoms with van der Waals surface area (Å²) in [6.07, 6.45) is 1.05. The van der Waals surface area contributed by atoms with E-state index in [2.05, 4.69) is 5.32 Å². The summed E-state index contributed by atoms with van der Waals surface area (Å²) in [7, 11) is -0.661. The molecule has 0 saturated heterocycles. The van der Waals surface area contributed by atoms with Crippen molar-refractivity contribution in [3.8, 4) is 11.5 Å². The highest BCUT2D eigenvalue weighted by Crippen LogP contribution is 2.30. The molecule has 0 aliphatic rings. The van der Waals surface area contributed by atoms with Crippen LogP contribution in [0.2, 0.25) is 5.02 Å². The molecule has 0 spiro atoms. The number of anilines is 1. The Kier molecular flexibility index (Phi) is 7.60. The van der Waals surface area contributed by atoms with Gasteiger partial charge in [-0.2, -0.15) is 0 Å². The summed E-state index contributed by atoms with van der Waals surface area (Å²) in [6.45, 7) is 5.13. The lowest BCUT2D eigenvalue weighted by atomic mass is 10.1. The summed E-state index contributed by atoms with van der Waals surface area (Å²) in [5, 5.41) is 3.28. The molecule has 164 valence electrons. The Morgan fingerprint density at radius 3 is 2.30 bits per heavy atom. The van der Waals surface area contributed by atoms with Gasteiger partial charge in [0.2, 0.25) is 15.9 Å². The van der Waals surface area contributed by atoms with Crippen LogP contribution < -0.4 is 19.1 Å². The van der Waals surface area contributed by atoms with E-state index in [4.69, 9.17) is 21.1 Å². The molecule has 2 atom stereocenters. The number of aryl methyl sites for hydroxylation is 1. The van der Waals surface area contributed by atoms with Crippen LogP contribution in [0.15, 0.2) is 36.4 Å². The molecule has 0 unspecified atom stereocenters. The van der Waals surface area contributed by atoms with Crippen molar-refractivity contribution in [2.75, 3.05) is 24.8 Å². The van der Waals surface area contributed by atoms with Crippen molar-refractivity contribution >= 4 is 33.2 Å². The molecule has 0 radical (unpaired) electrons. The van der Waals surface area contributed by atoms with Crippen LogP contribution in [0.25, 0.3) is 0 Å². The SMILES string of the molecule is COc1ccc(OC)c([C@H](C)NC(=O)[C@H](C)N(c2ccc(C)c(Cl)c2)S(C)(=O)=O)c1. The first-order chi connectivity index (χ1) is 14.0. The zero-order valence-corrected chi connectivity index (χ0v) is 19.5. The number of nitrogens with zero attached hydrogens (tertiary/aromatic N) is 1. The highest BCUT2D eigenvalue weighted by Gasteiger charge is 2.30. The van der Waals surface area contributed by atoms with Crippen molar-refractivity contribution in [1.29, 1.82) is 0 Å². The summed E-state index contributed by atoms with van der Waals surface area (Å²) in [6, 6.07) is 8.69. The molecule has 2 aromatic carbocycles. The number of methoxy groups -OCH3 is 2. The normalized spacial score (nSPS) is 13.3. The number of carbonyl (C=O) groups is 1. The third-order valence-corrected chi connectivity index (χ3v) is 6.41. The van der Waals surface area contributed by atoms with Gasteiger partial charge in [-0.15, -0.1) is 0 Å². The first kappa shape index (κ1) is 23.8. The fraction of sp³-hybridized carbons (Fsp3) is 0.381. The second kappa shape index (κ2) is 9.57. The molecule has 0 bridgehead atoms. The van der Waals surface area contributed by atoms with Gasteiger partial charge in [-0.25, -0.2) is 8.42 Å². The van der Waals surface area contributed by atoms with Crippen molar-refractivity contribution < 1.29 is 22.7 Å². The number of hydrogen-bond acceptors (Lipinski definition) is 5. The van der Waals surface area contributed by atoms with Crippen molar-refractivity contribution in [2.45, 2.75) is 32.9 Å². The van der Waals surface area contributed by atoms with Gasteiger partial charge in [0.15, 0.2) is 0 Å². The summed E-state index contributed by atoms with van der Waals surface area (Å²) >= 11 is 6.17. The lowest BCUT2D eigenvalue weighted by molar-refractivity contribution is -0.122. The third kappa shape index (κ3) is 5.37. The van der Waals surface area contributed by atoms with E-state index in [9.17, 15) is 13.2 Å².